The maximum absolute atomic E-state index is 12.1. The summed E-state index contributed by atoms with van der Waals surface area (Å²) in [7, 11) is 0. The maximum atomic E-state index is 12.1. The standard InChI is InChI=1S/C14H9ClN2O3S2/c15-12-2-1-10(21-12)13(18)17-14-16-7-5-8-9(6-11(7)22-14)20-4-3-19-8/h1-2,5-6H,3-4H2,(H,16,17,18). The molecule has 0 aliphatic carbocycles. The molecule has 1 N–H and O–H groups in total. The number of hydrogen-bond donors (Lipinski definition) is 1. The van der Waals surface area contributed by atoms with Crippen LogP contribution in [-0.4, -0.2) is 24.1 Å². The number of anilines is 1. The van der Waals surface area contributed by atoms with E-state index in [0.717, 1.165) is 10.2 Å². The van der Waals surface area contributed by atoms with Gasteiger partial charge in [0.25, 0.3) is 5.91 Å². The number of carbonyl (C=O) groups excluding carboxylic acids is 1. The van der Waals surface area contributed by atoms with Crippen molar-refractivity contribution in [3.8, 4) is 11.5 Å². The molecule has 112 valence electrons. The number of rotatable bonds is 2. The summed E-state index contributed by atoms with van der Waals surface area (Å²) in [4.78, 5) is 17.1. The summed E-state index contributed by atoms with van der Waals surface area (Å²) >= 11 is 8.47. The van der Waals surface area contributed by atoms with Gasteiger partial charge in [0, 0.05) is 12.1 Å². The minimum atomic E-state index is -0.215. The van der Waals surface area contributed by atoms with Crippen molar-refractivity contribution >= 4 is 55.5 Å². The van der Waals surface area contributed by atoms with Crippen LogP contribution in [0.15, 0.2) is 24.3 Å². The van der Waals surface area contributed by atoms with Crippen molar-refractivity contribution < 1.29 is 14.3 Å². The molecule has 1 aliphatic heterocycles. The third kappa shape index (κ3) is 2.51. The third-order valence-electron chi connectivity index (χ3n) is 3.07. The van der Waals surface area contributed by atoms with Crippen molar-refractivity contribution in [3.05, 3.63) is 33.5 Å². The first-order valence-corrected chi connectivity index (χ1v) is 8.47. The smallest absolute Gasteiger partial charge is 0.267 e. The lowest BCUT2D eigenvalue weighted by Crippen LogP contribution is -2.15. The highest BCUT2D eigenvalue weighted by atomic mass is 35.5. The van der Waals surface area contributed by atoms with E-state index in [4.69, 9.17) is 21.1 Å². The first-order valence-electron chi connectivity index (χ1n) is 6.46. The van der Waals surface area contributed by atoms with Crippen LogP contribution in [0.4, 0.5) is 5.13 Å². The van der Waals surface area contributed by atoms with Gasteiger partial charge in [0.1, 0.15) is 13.2 Å². The Morgan fingerprint density at radius 2 is 1.95 bits per heavy atom. The summed E-state index contributed by atoms with van der Waals surface area (Å²) in [6, 6.07) is 7.11. The molecule has 0 saturated carbocycles. The number of ether oxygens (including phenoxy) is 2. The predicted molar refractivity (Wildman–Crippen MR) is 87.9 cm³/mol. The van der Waals surface area contributed by atoms with Crippen LogP contribution in [0.2, 0.25) is 4.34 Å². The number of nitrogens with zero attached hydrogens (tertiary/aromatic N) is 1. The zero-order chi connectivity index (χ0) is 15.1. The van der Waals surface area contributed by atoms with Gasteiger partial charge in [-0.05, 0) is 12.1 Å². The Kier molecular flexibility index (Phi) is 3.40. The van der Waals surface area contributed by atoms with E-state index in [1.165, 1.54) is 22.7 Å². The fraction of sp³-hybridized carbons (Fsp3) is 0.143. The van der Waals surface area contributed by atoms with Crippen molar-refractivity contribution in [3.63, 3.8) is 0 Å². The minimum absolute atomic E-state index is 0.215. The van der Waals surface area contributed by atoms with Crippen LogP contribution in [0.3, 0.4) is 0 Å². The van der Waals surface area contributed by atoms with E-state index in [-0.39, 0.29) is 5.91 Å². The molecule has 1 amide bonds. The second-order valence-corrected chi connectivity index (χ2v) is 7.29. The second-order valence-electron chi connectivity index (χ2n) is 4.54. The lowest BCUT2D eigenvalue weighted by Gasteiger charge is -2.17. The van der Waals surface area contributed by atoms with Crippen LogP contribution < -0.4 is 14.8 Å². The van der Waals surface area contributed by atoms with Crippen LogP contribution >= 0.6 is 34.3 Å². The number of carbonyl (C=O) groups is 1. The van der Waals surface area contributed by atoms with E-state index in [0.29, 0.717) is 39.1 Å². The molecule has 22 heavy (non-hydrogen) atoms. The summed E-state index contributed by atoms with van der Waals surface area (Å²) in [5.41, 5.74) is 0.772. The highest BCUT2D eigenvalue weighted by Gasteiger charge is 2.16. The Morgan fingerprint density at radius 1 is 1.18 bits per heavy atom. The van der Waals surface area contributed by atoms with E-state index in [1.54, 1.807) is 12.1 Å². The second kappa shape index (κ2) is 5.42. The normalized spacial score (nSPS) is 13.3. The maximum Gasteiger partial charge on any atom is 0.267 e. The number of nitrogens with one attached hydrogen (secondary N) is 1. The summed E-state index contributed by atoms with van der Waals surface area (Å²) in [5.74, 6) is 1.19. The van der Waals surface area contributed by atoms with E-state index in [9.17, 15) is 4.79 Å². The fourth-order valence-corrected chi connectivity index (χ4v) is 3.92. The average Bonchev–Trinajstić information content (AvgIpc) is 3.10. The van der Waals surface area contributed by atoms with Gasteiger partial charge in [0.2, 0.25) is 0 Å². The Balaban J connectivity index is 1.63. The van der Waals surface area contributed by atoms with Crippen LogP contribution in [0, 0.1) is 0 Å². The monoisotopic (exact) mass is 352 g/mol. The molecule has 5 nitrogen and oxygen atoms in total. The summed E-state index contributed by atoms with van der Waals surface area (Å²) in [6.45, 7) is 1.07. The van der Waals surface area contributed by atoms with Crippen LogP contribution in [0.5, 0.6) is 11.5 Å². The molecule has 0 fully saturated rings. The number of fused-ring (bicyclic) bond motifs is 2. The molecule has 3 heterocycles. The first-order chi connectivity index (χ1) is 10.7. The molecule has 0 bridgehead atoms. The lowest BCUT2D eigenvalue weighted by molar-refractivity contribution is 0.103. The van der Waals surface area contributed by atoms with Crippen molar-refractivity contribution in [2.45, 2.75) is 0 Å². The molecular weight excluding hydrogens is 344 g/mol. The molecule has 3 aromatic rings. The number of benzene rings is 1. The average molecular weight is 353 g/mol. The number of aromatic nitrogens is 1. The summed E-state index contributed by atoms with van der Waals surface area (Å²) in [5, 5.41) is 3.32. The highest BCUT2D eigenvalue weighted by molar-refractivity contribution is 7.22. The Morgan fingerprint density at radius 3 is 2.68 bits per heavy atom. The highest BCUT2D eigenvalue weighted by Crippen LogP contribution is 2.38. The predicted octanol–water partition coefficient (Wildman–Crippen LogP) is 4.03. The molecular formula is C14H9ClN2O3S2. The summed E-state index contributed by atoms with van der Waals surface area (Å²) < 4.78 is 12.6. The minimum Gasteiger partial charge on any atom is -0.486 e. The lowest BCUT2D eigenvalue weighted by atomic mass is 10.3. The molecule has 2 aromatic heterocycles. The molecule has 1 aliphatic rings. The Labute approximate surface area is 138 Å². The molecule has 0 unspecified atom stereocenters. The third-order valence-corrected chi connectivity index (χ3v) is 5.23. The molecule has 8 heteroatoms. The number of thiazole rings is 1. The molecule has 0 spiro atoms. The van der Waals surface area contributed by atoms with E-state index in [2.05, 4.69) is 10.3 Å². The summed E-state index contributed by atoms with van der Waals surface area (Å²) in [6.07, 6.45) is 0. The Bertz CT molecular complexity index is 831. The van der Waals surface area contributed by atoms with Crippen LogP contribution in [0.1, 0.15) is 9.67 Å². The number of amides is 1. The topological polar surface area (TPSA) is 60.5 Å². The van der Waals surface area contributed by atoms with Crippen molar-refractivity contribution in [1.82, 2.24) is 4.98 Å². The Hall–Kier alpha value is -1.83. The van der Waals surface area contributed by atoms with Gasteiger partial charge in [-0.15, -0.1) is 11.3 Å². The van der Waals surface area contributed by atoms with Gasteiger partial charge in [0.05, 0.1) is 19.4 Å². The van der Waals surface area contributed by atoms with E-state index < -0.39 is 0 Å². The number of thiophene rings is 1. The van der Waals surface area contributed by atoms with Crippen molar-refractivity contribution in [2.24, 2.45) is 0 Å². The van der Waals surface area contributed by atoms with Crippen LogP contribution in [-0.2, 0) is 0 Å². The molecule has 1 aromatic carbocycles. The van der Waals surface area contributed by atoms with Gasteiger partial charge in [-0.3, -0.25) is 10.1 Å². The fourth-order valence-electron chi connectivity index (χ4n) is 2.11. The first kappa shape index (κ1) is 13.8. The molecule has 4 rings (SSSR count). The van der Waals surface area contributed by atoms with Gasteiger partial charge in [-0.2, -0.15) is 0 Å². The number of halogens is 1. The van der Waals surface area contributed by atoms with Gasteiger partial charge < -0.3 is 9.47 Å². The largest absolute Gasteiger partial charge is 0.486 e. The van der Waals surface area contributed by atoms with Gasteiger partial charge >= 0.3 is 0 Å². The number of hydrogen-bond acceptors (Lipinski definition) is 6. The van der Waals surface area contributed by atoms with Crippen molar-refractivity contribution in [1.29, 1.82) is 0 Å². The molecule has 0 atom stereocenters. The van der Waals surface area contributed by atoms with E-state index >= 15 is 0 Å². The van der Waals surface area contributed by atoms with Gasteiger partial charge in [-0.25, -0.2) is 4.98 Å². The van der Waals surface area contributed by atoms with E-state index in [1.807, 2.05) is 12.1 Å². The molecule has 0 radical (unpaired) electrons. The zero-order valence-corrected chi connectivity index (χ0v) is 13.5. The van der Waals surface area contributed by atoms with Gasteiger partial charge in [-0.1, -0.05) is 22.9 Å². The van der Waals surface area contributed by atoms with Crippen molar-refractivity contribution in [2.75, 3.05) is 18.5 Å². The van der Waals surface area contributed by atoms with Gasteiger partial charge in [0.15, 0.2) is 16.6 Å². The van der Waals surface area contributed by atoms with Crippen LogP contribution in [0.25, 0.3) is 10.2 Å². The zero-order valence-electron chi connectivity index (χ0n) is 11.1. The SMILES string of the molecule is O=C(Nc1nc2cc3c(cc2s1)OCCO3)c1ccc(Cl)s1. The molecule has 0 saturated heterocycles. The quantitative estimate of drug-likeness (QED) is 0.756.